The molecule has 0 radical (unpaired) electrons. The zero-order valence-electron chi connectivity index (χ0n) is 9.95. The number of nitrogens with one attached hydrogen (secondary N) is 1. The molecule has 0 aliphatic carbocycles. The molecule has 6 heteroatoms. The van der Waals surface area contributed by atoms with Gasteiger partial charge in [0.2, 0.25) is 5.28 Å². The van der Waals surface area contributed by atoms with Gasteiger partial charge in [-0.15, -0.1) is 11.3 Å². The lowest BCUT2D eigenvalue weighted by atomic mass is 10.2. The first-order valence-corrected chi connectivity index (χ1v) is 7.91. The number of aromatic nitrogens is 2. The molecule has 1 aromatic carbocycles. The van der Waals surface area contributed by atoms with Crippen LogP contribution in [0.2, 0.25) is 5.28 Å². The van der Waals surface area contributed by atoms with E-state index < -0.39 is 0 Å². The van der Waals surface area contributed by atoms with E-state index in [-0.39, 0.29) is 5.28 Å². The highest BCUT2D eigenvalue weighted by Gasteiger charge is 2.09. The van der Waals surface area contributed by atoms with Gasteiger partial charge >= 0.3 is 0 Å². The maximum atomic E-state index is 5.96. The Labute approximate surface area is 133 Å². The first kappa shape index (κ1) is 13.1. The van der Waals surface area contributed by atoms with Crippen LogP contribution in [0.15, 0.2) is 29.6 Å². The molecule has 19 heavy (non-hydrogen) atoms. The third-order valence-corrected chi connectivity index (χ3v) is 4.96. The van der Waals surface area contributed by atoms with E-state index in [4.69, 9.17) is 11.6 Å². The smallest absolute Gasteiger partial charge is 0.225 e. The molecule has 0 saturated carbocycles. The minimum absolute atomic E-state index is 0.265. The number of hydrogen-bond donors (Lipinski definition) is 1. The van der Waals surface area contributed by atoms with Gasteiger partial charge in [0.15, 0.2) is 0 Å². The minimum atomic E-state index is 0.265. The van der Waals surface area contributed by atoms with E-state index in [1.54, 1.807) is 11.3 Å². The molecule has 0 unspecified atom stereocenters. The van der Waals surface area contributed by atoms with E-state index in [0.29, 0.717) is 0 Å². The lowest BCUT2D eigenvalue weighted by molar-refractivity contribution is 1.22. The molecule has 96 valence electrons. The monoisotopic (exact) mass is 401 g/mol. The largest absolute Gasteiger partial charge is 0.339 e. The lowest BCUT2D eigenvalue weighted by Crippen LogP contribution is -1.98. The Hall–Kier alpha value is -0.920. The average Bonchev–Trinajstić information content (AvgIpc) is 2.83. The second-order valence-electron chi connectivity index (χ2n) is 4.02. The number of rotatable bonds is 2. The van der Waals surface area contributed by atoms with Crippen LogP contribution in [0.4, 0.5) is 11.5 Å². The minimum Gasteiger partial charge on any atom is -0.339 e. The first-order chi connectivity index (χ1) is 9.15. The summed E-state index contributed by atoms with van der Waals surface area (Å²) in [6, 6.07) is 8.13. The molecule has 0 bridgehead atoms. The first-order valence-electron chi connectivity index (χ1n) is 5.58. The molecule has 1 N–H and O–H groups in total. The van der Waals surface area contributed by atoms with Crippen molar-refractivity contribution in [2.75, 3.05) is 5.32 Å². The number of fused-ring (bicyclic) bond motifs is 1. The number of benzene rings is 1. The van der Waals surface area contributed by atoms with E-state index >= 15 is 0 Å². The predicted octanol–water partition coefficient (Wildman–Crippen LogP) is 5.00. The topological polar surface area (TPSA) is 37.8 Å². The van der Waals surface area contributed by atoms with Gasteiger partial charge in [-0.3, -0.25) is 0 Å². The number of anilines is 2. The molecule has 0 amide bonds. The van der Waals surface area contributed by atoms with Crippen LogP contribution in [-0.4, -0.2) is 9.97 Å². The van der Waals surface area contributed by atoms with E-state index in [1.165, 1.54) is 9.13 Å². The fourth-order valence-electron chi connectivity index (χ4n) is 1.80. The average molecular weight is 402 g/mol. The van der Waals surface area contributed by atoms with Crippen LogP contribution < -0.4 is 5.32 Å². The summed E-state index contributed by atoms with van der Waals surface area (Å²) in [5.74, 6) is 0.751. The maximum absolute atomic E-state index is 5.96. The molecule has 0 saturated heterocycles. The second kappa shape index (κ2) is 5.22. The summed E-state index contributed by atoms with van der Waals surface area (Å²) >= 11 is 9.84. The molecule has 0 spiro atoms. The van der Waals surface area contributed by atoms with Gasteiger partial charge in [0.1, 0.15) is 10.6 Å². The molecule has 3 nitrogen and oxygen atoms in total. The number of thiophene rings is 1. The fourth-order valence-corrected chi connectivity index (χ4v) is 3.28. The van der Waals surface area contributed by atoms with Gasteiger partial charge < -0.3 is 5.32 Å². The molecule has 3 rings (SSSR count). The maximum Gasteiger partial charge on any atom is 0.225 e. The molecule has 0 fully saturated rings. The molecule has 0 aliphatic rings. The van der Waals surface area contributed by atoms with Crippen LogP contribution >= 0.6 is 45.5 Å². The van der Waals surface area contributed by atoms with Crippen LogP contribution in [0, 0.1) is 10.5 Å². The van der Waals surface area contributed by atoms with E-state index in [1.807, 2.05) is 23.6 Å². The summed E-state index contributed by atoms with van der Waals surface area (Å²) < 4.78 is 1.21. The van der Waals surface area contributed by atoms with Crippen molar-refractivity contribution in [1.82, 2.24) is 9.97 Å². The number of hydrogen-bond acceptors (Lipinski definition) is 4. The van der Waals surface area contributed by atoms with Gasteiger partial charge in [-0.2, -0.15) is 4.98 Å². The second-order valence-corrected chi connectivity index (χ2v) is 6.41. The zero-order chi connectivity index (χ0) is 13.4. The Morgan fingerprint density at radius 2 is 2.11 bits per heavy atom. The van der Waals surface area contributed by atoms with Crippen molar-refractivity contribution in [3.8, 4) is 0 Å². The van der Waals surface area contributed by atoms with Crippen LogP contribution in [0.25, 0.3) is 10.2 Å². The normalized spacial score (nSPS) is 10.9. The van der Waals surface area contributed by atoms with Gasteiger partial charge in [0, 0.05) is 9.26 Å². The van der Waals surface area contributed by atoms with Crippen LogP contribution in [0.3, 0.4) is 0 Å². The van der Waals surface area contributed by atoms with Gasteiger partial charge in [-0.25, -0.2) is 4.98 Å². The molecule has 2 heterocycles. The summed E-state index contributed by atoms with van der Waals surface area (Å²) in [4.78, 5) is 9.39. The highest BCUT2D eigenvalue weighted by molar-refractivity contribution is 14.1. The number of halogens is 2. The van der Waals surface area contributed by atoms with E-state index in [0.717, 1.165) is 21.7 Å². The van der Waals surface area contributed by atoms with Gasteiger partial charge in [0.25, 0.3) is 0 Å². The molecule has 0 aliphatic heterocycles. The highest BCUT2D eigenvalue weighted by atomic mass is 127. The van der Waals surface area contributed by atoms with Crippen molar-refractivity contribution in [3.05, 3.63) is 44.1 Å². The third kappa shape index (κ3) is 2.54. The molecular formula is C13H9ClIN3S. The zero-order valence-corrected chi connectivity index (χ0v) is 13.7. The van der Waals surface area contributed by atoms with Crippen LogP contribution in [-0.2, 0) is 0 Å². The van der Waals surface area contributed by atoms with Gasteiger partial charge in [-0.05, 0) is 70.3 Å². The Morgan fingerprint density at radius 1 is 1.26 bits per heavy atom. The SMILES string of the molecule is Cc1c(I)cccc1Nc1nc(Cl)nc2sccc12. The molecule has 0 atom stereocenters. The molecular weight excluding hydrogens is 393 g/mol. The molecule has 2 aromatic heterocycles. The van der Waals surface area contributed by atoms with Crippen molar-refractivity contribution in [3.63, 3.8) is 0 Å². The van der Waals surface area contributed by atoms with E-state index in [2.05, 4.69) is 50.9 Å². The Kier molecular flexibility index (Phi) is 3.60. The Morgan fingerprint density at radius 3 is 2.95 bits per heavy atom. The molecule has 3 aromatic rings. The lowest BCUT2D eigenvalue weighted by Gasteiger charge is -2.11. The van der Waals surface area contributed by atoms with Crippen molar-refractivity contribution >= 4 is 67.3 Å². The Balaban J connectivity index is 2.10. The van der Waals surface area contributed by atoms with Crippen molar-refractivity contribution < 1.29 is 0 Å². The third-order valence-electron chi connectivity index (χ3n) is 2.82. The van der Waals surface area contributed by atoms with Crippen molar-refractivity contribution in [2.45, 2.75) is 6.92 Å². The summed E-state index contributed by atoms with van der Waals surface area (Å²) in [6.45, 7) is 2.08. The van der Waals surface area contributed by atoms with Crippen LogP contribution in [0.1, 0.15) is 5.56 Å². The fraction of sp³-hybridized carbons (Fsp3) is 0.0769. The summed E-state index contributed by atoms with van der Waals surface area (Å²) in [5.41, 5.74) is 2.23. The van der Waals surface area contributed by atoms with Crippen LogP contribution in [0.5, 0.6) is 0 Å². The standard InChI is InChI=1S/C13H9ClIN3S/c1-7-9(15)3-2-4-10(7)16-11-8-5-6-19-12(8)18-13(14)17-11/h2-6H,1H3,(H,16,17,18). The van der Waals surface area contributed by atoms with Gasteiger partial charge in [-0.1, -0.05) is 6.07 Å². The number of nitrogens with zero attached hydrogens (tertiary/aromatic N) is 2. The van der Waals surface area contributed by atoms with Gasteiger partial charge in [0.05, 0.1) is 5.39 Å². The summed E-state index contributed by atoms with van der Waals surface area (Å²) in [7, 11) is 0. The summed E-state index contributed by atoms with van der Waals surface area (Å²) in [6.07, 6.45) is 0. The Bertz CT molecular complexity index is 757. The highest BCUT2D eigenvalue weighted by Crippen LogP contribution is 2.30. The van der Waals surface area contributed by atoms with Crippen molar-refractivity contribution in [2.24, 2.45) is 0 Å². The van der Waals surface area contributed by atoms with E-state index in [9.17, 15) is 0 Å². The summed E-state index contributed by atoms with van der Waals surface area (Å²) in [5, 5.41) is 6.60. The quantitative estimate of drug-likeness (QED) is 0.485. The predicted molar refractivity (Wildman–Crippen MR) is 89.6 cm³/mol. The van der Waals surface area contributed by atoms with Crippen molar-refractivity contribution in [1.29, 1.82) is 0 Å².